The maximum atomic E-state index is 10.9. The molecule has 0 aromatic carbocycles. The zero-order valence-corrected chi connectivity index (χ0v) is 29.0. The molecule has 224 valence electrons. The van der Waals surface area contributed by atoms with Gasteiger partial charge in [-0.1, -0.05) is 0 Å². The molecular weight excluding hydrogens is 811 g/mol. The van der Waals surface area contributed by atoms with Crippen LogP contribution in [0.2, 0.25) is 24.2 Å². The summed E-state index contributed by atoms with van der Waals surface area (Å²) in [6.45, 7) is 0.668. The van der Waals surface area contributed by atoms with E-state index >= 15 is 0 Å². The van der Waals surface area contributed by atoms with Crippen LogP contribution in [0.3, 0.4) is 0 Å². The summed E-state index contributed by atoms with van der Waals surface area (Å²) in [7, 11) is 1.73. The Bertz CT molecular complexity index is 473. The third-order valence-electron chi connectivity index (χ3n) is 3.77. The molecule has 0 saturated heterocycles. The summed E-state index contributed by atoms with van der Waals surface area (Å²) in [5.74, 6) is 0. The van der Waals surface area contributed by atoms with Crippen molar-refractivity contribution in [1.82, 2.24) is 0 Å². The number of rotatable bonds is 18. The SMILES string of the molecule is NCCC[Si](O)(O)O[Si](O)(CCCN)O[Si](O)(CCCN)O[Si](O)(O)CCCN.[Cl][Pd][Cl].[Cl][Pd][Cl]. The van der Waals surface area contributed by atoms with E-state index in [0.29, 0.717) is 0 Å². The molecule has 0 spiro atoms. The Morgan fingerprint density at radius 1 is 0.486 bits per heavy atom. The molecule has 0 saturated carbocycles. The van der Waals surface area contributed by atoms with Crippen LogP contribution in [0.4, 0.5) is 0 Å². The monoisotopic (exact) mass is 846 g/mol. The van der Waals surface area contributed by atoms with E-state index in [9.17, 15) is 28.8 Å². The van der Waals surface area contributed by atoms with E-state index in [0.717, 1.165) is 0 Å². The molecular formula is C12H38Cl4N4O9Pd2Si4. The van der Waals surface area contributed by atoms with Crippen LogP contribution < -0.4 is 22.9 Å². The van der Waals surface area contributed by atoms with Crippen LogP contribution in [-0.2, 0) is 44.2 Å². The standard InChI is InChI=1S/C12H38N4O9Si4.4ClH.2Pd/c13-5-1-9-26(17,18)23-28(21,11-3-7-15)25-29(22,12-4-8-16)24-27(19,20)10-2-6-14;;;;;;/h17-22H,1-16H2;4*1H;;/q;;;;;2*+2/p-4. The van der Waals surface area contributed by atoms with Crippen LogP contribution in [0.5, 0.6) is 0 Å². The van der Waals surface area contributed by atoms with Gasteiger partial charge in [-0.25, -0.2) is 0 Å². The molecule has 0 aliphatic carbocycles. The summed E-state index contributed by atoms with van der Waals surface area (Å²) in [5, 5.41) is 0. The fraction of sp³-hybridized carbons (Fsp3) is 1.00. The topological polar surface area (TPSA) is 253 Å². The Kier molecular flexibility index (Phi) is 29.7. The van der Waals surface area contributed by atoms with Crippen LogP contribution in [0, 0.1) is 0 Å². The zero-order chi connectivity index (χ0) is 28.0. The van der Waals surface area contributed by atoms with E-state index in [-0.39, 0.29) is 108 Å². The van der Waals surface area contributed by atoms with E-state index in [1.165, 1.54) is 0 Å². The Morgan fingerprint density at radius 3 is 0.943 bits per heavy atom. The van der Waals surface area contributed by atoms with Gasteiger partial charge in [0.15, 0.2) is 0 Å². The Balaban J connectivity index is -0.00000153. The van der Waals surface area contributed by atoms with Crippen molar-refractivity contribution < 1.29 is 73.0 Å². The minimum atomic E-state index is -4.41. The van der Waals surface area contributed by atoms with Gasteiger partial charge in [0.05, 0.1) is 0 Å². The van der Waals surface area contributed by atoms with E-state index in [1.807, 2.05) is 0 Å². The zero-order valence-electron chi connectivity index (χ0n) is 18.8. The average molecular weight is 849 g/mol. The molecule has 0 bridgehead atoms. The van der Waals surface area contributed by atoms with Gasteiger partial charge < -0.3 is 64.1 Å². The first-order chi connectivity index (χ1) is 16.2. The van der Waals surface area contributed by atoms with Gasteiger partial charge in [-0.2, -0.15) is 0 Å². The Morgan fingerprint density at radius 2 is 0.714 bits per heavy atom. The first kappa shape index (κ1) is 42.3. The normalized spacial score (nSPS) is 15.5. The van der Waals surface area contributed by atoms with Gasteiger partial charge in [-0.05, 0) is 51.9 Å². The van der Waals surface area contributed by atoms with Crippen molar-refractivity contribution >= 4 is 73.3 Å². The van der Waals surface area contributed by atoms with Crippen molar-refractivity contribution in [2.24, 2.45) is 22.9 Å². The quantitative estimate of drug-likeness (QED) is 0.0737. The molecule has 0 rings (SSSR count). The number of nitrogens with two attached hydrogens (primary N) is 4. The number of hydrogen-bond donors (Lipinski definition) is 10. The summed E-state index contributed by atoms with van der Waals surface area (Å²) in [4.78, 5) is 62.4. The third kappa shape index (κ3) is 26.8. The molecule has 13 nitrogen and oxygen atoms in total. The second-order valence-corrected chi connectivity index (χ2v) is 21.9. The minimum absolute atomic E-state index is 0.106. The molecule has 35 heavy (non-hydrogen) atoms. The number of hydrogen-bond acceptors (Lipinski definition) is 13. The Labute approximate surface area is 243 Å². The average Bonchev–Trinajstić information content (AvgIpc) is 2.74. The molecule has 2 unspecified atom stereocenters. The second-order valence-electron chi connectivity index (χ2n) is 6.88. The molecule has 0 aliphatic rings. The first-order valence-corrected chi connectivity index (χ1v) is 26.1. The summed E-state index contributed by atoms with van der Waals surface area (Å²) in [6, 6.07) is -0.720. The summed E-state index contributed by atoms with van der Waals surface area (Å²) in [6.07, 6.45) is 0.904. The van der Waals surface area contributed by atoms with Crippen LogP contribution in [0.25, 0.3) is 0 Å². The van der Waals surface area contributed by atoms with Gasteiger partial charge in [-0.3, -0.25) is 0 Å². The van der Waals surface area contributed by atoms with Gasteiger partial charge >= 0.3 is 105 Å². The summed E-state index contributed by atoms with van der Waals surface area (Å²) < 4.78 is 15.9. The molecule has 23 heteroatoms. The second kappa shape index (κ2) is 24.6. The Hall–Kier alpha value is 2.83. The predicted molar refractivity (Wildman–Crippen MR) is 137 cm³/mol. The van der Waals surface area contributed by atoms with Crippen LogP contribution in [0.15, 0.2) is 0 Å². The van der Waals surface area contributed by atoms with Gasteiger partial charge in [-0.15, -0.1) is 0 Å². The van der Waals surface area contributed by atoms with Crippen molar-refractivity contribution in [2.45, 2.75) is 49.9 Å². The van der Waals surface area contributed by atoms with Crippen LogP contribution in [-0.4, -0.2) is 90.2 Å². The van der Waals surface area contributed by atoms with Crippen molar-refractivity contribution in [3.8, 4) is 0 Å². The van der Waals surface area contributed by atoms with E-state index in [1.54, 1.807) is 0 Å². The van der Waals surface area contributed by atoms with Gasteiger partial charge in [0.1, 0.15) is 0 Å². The van der Waals surface area contributed by atoms with Crippen molar-refractivity contribution in [3.05, 3.63) is 0 Å². The fourth-order valence-corrected chi connectivity index (χ4v) is 14.7. The predicted octanol–water partition coefficient (Wildman–Crippen LogP) is -1.11. The number of halogens is 4. The molecule has 0 aromatic rings. The first-order valence-electron chi connectivity index (χ1n) is 10.1. The molecule has 0 aromatic heterocycles. The van der Waals surface area contributed by atoms with Crippen molar-refractivity contribution in [2.75, 3.05) is 26.2 Å². The molecule has 0 heterocycles. The van der Waals surface area contributed by atoms with Crippen molar-refractivity contribution in [1.29, 1.82) is 0 Å². The van der Waals surface area contributed by atoms with Crippen molar-refractivity contribution in [3.63, 3.8) is 0 Å². The molecule has 14 N–H and O–H groups in total. The fourth-order valence-electron chi connectivity index (χ4n) is 2.42. The van der Waals surface area contributed by atoms with Crippen LogP contribution >= 0.6 is 38.1 Å². The van der Waals surface area contributed by atoms with Gasteiger partial charge in [0.25, 0.3) is 0 Å². The van der Waals surface area contributed by atoms with Gasteiger partial charge in [0.2, 0.25) is 0 Å². The van der Waals surface area contributed by atoms with Gasteiger partial charge in [0, 0.05) is 24.2 Å². The molecule has 2 atom stereocenters. The van der Waals surface area contributed by atoms with E-state index in [4.69, 9.17) is 73.4 Å². The van der Waals surface area contributed by atoms with E-state index in [2.05, 4.69) is 0 Å². The molecule has 0 amide bonds. The third-order valence-corrected chi connectivity index (χ3v) is 15.5. The van der Waals surface area contributed by atoms with Crippen LogP contribution in [0.1, 0.15) is 25.7 Å². The molecule has 0 aliphatic heterocycles. The summed E-state index contributed by atoms with van der Waals surface area (Å²) >= 11 is -0.211. The maximum absolute atomic E-state index is 10.9. The summed E-state index contributed by atoms with van der Waals surface area (Å²) in [5.41, 5.74) is 21.7. The molecule has 0 radical (unpaired) electrons. The molecule has 0 fully saturated rings. The van der Waals surface area contributed by atoms with E-state index < -0.39 is 35.2 Å².